The van der Waals surface area contributed by atoms with E-state index in [0.29, 0.717) is 0 Å². The van der Waals surface area contributed by atoms with E-state index < -0.39 is 5.60 Å². The van der Waals surface area contributed by atoms with Crippen molar-refractivity contribution >= 4 is 6.09 Å². The third kappa shape index (κ3) is 3.50. The fourth-order valence-electron chi connectivity index (χ4n) is 3.23. The van der Waals surface area contributed by atoms with Crippen LogP contribution in [0.15, 0.2) is 11.6 Å². The molecule has 1 saturated carbocycles. The monoisotopic (exact) mass is 251 g/mol. The van der Waals surface area contributed by atoms with E-state index in [2.05, 4.69) is 18.3 Å². The zero-order valence-electron chi connectivity index (χ0n) is 12.0. The minimum absolute atomic E-state index is 0.221. The van der Waals surface area contributed by atoms with Gasteiger partial charge in [0.05, 0.1) is 5.54 Å². The average Bonchev–Trinajstić information content (AvgIpc) is 2.11. The van der Waals surface area contributed by atoms with Crippen molar-refractivity contribution < 1.29 is 9.53 Å². The van der Waals surface area contributed by atoms with Crippen molar-refractivity contribution in [2.24, 2.45) is 5.92 Å². The van der Waals surface area contributed by atoms with Crippen molar-refractivity contribution in [1.82, 2.24) is 5.32 Å². The number of hydrogen-bond acceptors (Lipinski definition) is 2. The molecule has 2 bridgehead atoms. The summed E-state index contributed by atoms with van der Waals surface area (Å²) in [4.78, 5) is 11.9. The van der Waals surface area contributed by atoms with Crippen molar-refractivity contribution in [2.45, 2.75) is 70.9 Å². The van der Waals surface area contributed by atoms with Crippen LogP contribution in [-0.4, -0.2) is 17.2 Å². The van der Waals surface area contributed by atoms with Gasteiger partial charge >= 0.3 is 6.09 Å². The van der Waals surface area contributed by atoms with Gasteiger partial charge < -0.3 is 10.1 Å². The maximum atomic E-state index is 11.9. The Morgan fingerprint density at radius 2 is 2.22 bits per heavy atom. The van der Waals surface area contributed by atoms with Gasteiger partial charge in [-0.1, -0.05) is 11.6 Å². The zero-order valence-corrected chi connectivity index (χ0v) is 12.0. The van der Waals surface area contributed by atoms with Gasteiger partial charge in [0.2, 0.25) is 0 Å². The molecule has 2 aliphatic carbocycles. The van der Waals surface area contributed by atoms with Gasteiger partial charge in [-0.2, -0.15) is 0 Å². The standard InChI is InChI=1S/C15H25NO2/c1-14(2,3)18-13(17)16-15(4)9-11-6-5-7-12(8-11)10-15/h9,12H,5-8,10H2,1-4H3,(H,16,17). The molecular formula is C15H25NO2. The van der Waals surface area contributed by atoms with Crippen molar-refractivity contribution in [1.29, 1.82) is 0 Å². The van der Waals surface area contributed by atoms with Crippen LogP contribution >= 0.6 is 0 Å². The van der Waals surface area contributed by atoms with E-state index >= 15 is 0 Å². The maximum absolute atomic E-state index is 11.9. The van der Waals surface area contributed by atoms with E-state index in [1.807, 2.05) is 20.8 Å². The van der Waals surface area contributed by atoms with Crippen LogP contribution in [0.4, 0.5) is 4.79 Å². The van der Waals surface area contributed by atoms with E-state index in [9.17, 15) is 4.79 Å². The van der Waals surface area contributed by atoms with E-state index in [4.69, 9.17) is 4.74 Å². The minimum Gasteiger partial charge on any atom is -0.444 e. The molecular weight excluding hydrogens is 226 g/mol. The summed E-state index contributed by atoms with van der Waals surface area (Å²) in [6.45, 7) is 7.78. The number of amides is 1. The molecule has 2 aliphatic rings. The molecule has 0 spiro atoms. The van der Waals surface area contributed by atoms with Gasteiger partial charge in [0.1, 0.15) is 5.60 Å². The van der Waals surface area contributed by atoms with Gasteiger partial charge in [0, 0.05) is 0 Å². The zero-order chi connectivity index (χ0) is 13.4. The van der Waals surface area contributed by atoms with Gasteiger partial charge in [-0.3, -0.25) is 0 Å². The first-order chi connectivity index (χ1) is 8.26. The van der Waals surface area contributed by atoms with Crippen LogP contribution < -0.4 is 5.32 Å². The largest absolute Gasteiger partial charge is 0.444 e. The Bertz CT molecular complexity index is 367. The van der Waals surface area contributed by atoms with Crippen LogP contribution in [0, 0.1) is 5.92 Å². The summed E-state index contributed by atoms with van der Waals surface area (Å²) >= 11 is 0. The number of ether oxygens (including phenoxy) is 1. The van der Waals surface area contributed by atoms with Crippen LogP contribution in [0.25, 0.3) is 0 Å². The predicted octanol–water partition coefficient (Wildman–Crippen LogP) is 3.79. The van der Waals surface area contributed by atoms with Crippen LogP contribution in [0.5, 0.6) is 0 Å². The SMILES string of the molecule is CC1(NC(=O)OC(C)(C)C)C=C2CCCC(C2)C1. The lowest BCUT2D eigenvalue weighted by Gasteiger charge is -2.40. The maximum Gasteiger partial charge on any atom is 0.408 e. The number of nitrogens with one attached hydrogen (secondary N) is 1. The molecule has 0 aromatic carbocycles. The lowest BCUT2D eigenvalue weighted by atomic mass is 9.72. The van der Waals surface area contributed by atoms with Gasteiger partial charge in [0.25, 0.3) is 0 Å². The third-order valence-electron chi connectivity index (χ3n) is 3.68. The van der Waals surface area contributed by atoms with E-state index in [0.717, 1.165) is 12.3 Å². The average molecular weight is 251 g/mol. The van der Waals surface area contributed by atoms with Crippen LogP contribution in [0.3, 0.4) is 0 Å². The van der Waals surface area contributed by atoms with Crippen LogP contribution in [0.1, 0.15) is 59.8 Å². The highest BCUT2D eigenvalue weighted by atomic mass is 16.6. The number of carbonyl (C=O) groups excluding carboxylic acids is 1. The van der Waals surface area contributed by atoms with Crippen LogP contribution in [0.2, 0.25) is 0 Å². The molecule has 0 aromatic rings. The number of hydrogen-bond donors (Lipinski definition) is 1. The molecule has 0 aliphatic heterocycles. The fraction of sp³-hybridized carbons (Fsp3) is 0.800. The second kappa shape index (κ2) is 4.60. The molecule has 0 heterocycles. The number of rotatable bonds is 1. The summed E-state index contributed by atoms with van der Waals surface area (Å²) in [5.41, 5.74) is 0.857. The fourth-order valence-corrected chi connectivity index (χ4v) is 3.23. The Morgan fingerprint density at radius 3 is 2.83 bits per heavy atom. The van der Waals surface area contributed by atoms with E-state index in [-0.39, 0.29) is 11.6 Å². The molecule has 1 fully saturated rings. The molecule has 2 rings (SSSR count). The van der Waals surface area contributed by atoms with Crippen molar-refractivity contribution in [2.75, 3.05) is 0 Å². The first-order valence-electron chi connectivity index (χ1n) is 6.98. The Kier molecular flexibility index (Phi) is 3.43. The highest BCUT2D eigenvalue weighted by Crippen LogP contribution is 2.40. The lowest BCUT2D eigenvalue weighted by molar-refractivity contribution is 0.0466. The van der Waals surface area contributed by atoms with Crippen LogP contribution in [-0.2, 0) is 4.74 Å². The molecule has 3 heteroatoms. The Labute approximate surface area is 110 Å². The lowest BCUT2D eigenvalue weighted by Crippen LogP contribution is -2.49. The molecule has 0 radical (unpaired) electrons. The molecule has 0 aromatic heterocycles. The number of alkyl carbamates (subject to hydrolysis) is 1. The molecule has 2 atom stereocenters. The summed E-state index contributed by atoms with van der Waals surface area (Å²) in [6, 6.07) is 0. The van der Waals surface area contributed by atoms with E-state index in [1.54, 1.807) is 0 Å². The topological polar surface area (TPSA) is 38.3 Å². The van der Waals surface area contributed by atoms with Crippen molar-refractivity contribution in [3.63, 3.8) is 0 Å². The van der Waals surface area contributed by atoms with Gasteiger partial charge in [-0.05, 0) is 65.7 Å². The second-order valence-corrected chi connectivity index (χ2v) is 7.01. The smallest absolute Gasteiger partial charge is 0.408 e. The summed E-state index contributed by atoms with van der Waals surface area (Å²) in [6.07, 6.45) is 8.01. The second-order valence-electron chi connectivity index (χ2n) is 7.01. The molecule has 102 valence electrons. The quantitative estimate of drug-likeness (QED) is 0.720. The van der Waals surface area contributed by atoms with Gasteiger partial charge in [0.15, 0.2) is 0 Å². The summed E-state index contributed by atoms with van der Waals surface area (Å²) in [5, 5.41) is 3.04. The third-order valence-corrected chi connectivity index (χ3v) is 3.68. The minimum atomic E-state index is -0.432. The summed E-state index contributed by atoms with van der Waals surface area (Å²) in [7, 11) is 0. The highest BCUT2D eigenvalue weighted by molar-refractivity contribution is 5.69. The summed E-state index contributed by atoms with van der Waals surface area (Å²) in [5.74, 6) is 0.735. The highest BCUT2D eigenvalue weighted by Gasteiger charge is 2.35. The normalized spacial score (nSPS) is 31.6. The number of allylic oxidation sites excluding steroid dienone is 1. The van der Waals surface area contributed by atoms with Gasteiger partial charge in [-0.25, -0.2) is 4.79 Å². The first kappa shape index (κ1) is 13.4. The molecule has 0 saturated heterocycles. The van der Waals surface area contributed by atoms with Gasteiger partial charge in [-0.15, -0.1) is 0 Å². The molecule has 1 amide bonds. The van der Waals surface area contributed by atoms with E-state index in [1.165, 1.54) is 31.3 Å². The number of carbonyl (C=O) groups is 1. The molecule has 3 nitrogen and oxygen atoms in total. The molecule has 1 N–H and O–H groups in total. The Hall–Kier alpha value is -0.990. The predicted molar refractivity (Wildman–Crippen MR) is 72.4 cm³/mol. The first-order valence-corrected chi connectivity index (χ1v) is 6.98. The Balaban J connectivity index is 2.02. The molecule has 18 heavy (non-hydrogen) atoms. The molecule has 2 unspecified atom stereocenters. The van der Waals surface area contributed by atoms with Crippen molar-refractivity contribution in [3.8, 4) is 0 Å². The Morgan fingerprint density at radius 1 is 1.50 bits per heavy atom. The summed E-state index contributed by atoms with van der Waals surface area (Å²) < 4.78 is 5.35. The number of fused-ring (bicyclic) bond motifs is 2. The van der Waals surface area contributed by atoms with Crippen molar-refractivity contribution in [3.05, 3.63) is 11.6 Å².